The third-order valence-electron chi connectivity index (χ3n) is 15.5. The van der Waals surface area contributed by atoms with Crippen molar-refractivity contribution in [2.24, 2.45) is 0 Å². The van der Waals surface area contributed by atoms with Gasteiger partial charge in [0.25, 0.3) is 0 Å². The van der Waals surface area contributed by atoms with E-state index < -0.39 is 12.1 Å². The molecule has 0 aromatic carbocycles. The molecule has 2 unspecified atom stereocenters. The number of ether oxygens (including phenoxy) is 1. The predicted octanol–water partition coefficient (Wildman–Crippen LogP) is 21.0. The van der Waals surface area contributed by atoms with E-state index in [-0.39, 0.29) is 18.5 Å². The summed E-state index contributed by atoms with van der Waals surface area (Å²) in [7, 11) is 0. The van der Waals surface area contributed by atoms with Crippen molar-refractivity contribution < 1.29 is 24.5 Å². The van der Waals surface area contributed by atoms with E-state index >= 15 is 0 Å². The molecule has 2 atom stereocenters. The smallest absolute Gasteiger partial charge is 0.305 e. The minimum absolute atomic E-state index is 0.00427. The van der Waals surface area contributed by atoms with Gasteiger partial charge in [0, 0.05) is 12.8 Å². The Bertz CT molecular complexity index is 1140. The van der Waals surface area contributed by atoms with E-state index in [0.29, 0.717) is 19.4 Å². The van der Waals surface area contributed by atoms with Gasteiger partial charge in [0.15, 0.2) is 0 Å². The summed E-state index contributed by atoms with van der Waals surface area (Å²) in [5, 5.41) is 23.2. The van der Waals surface area contributed by atoms with Crippen molar-refractivity contribution in [3.8, 4) is 0 Å². The van der Waals surface area contributed by atoms with Crippen LogP contribution in [0.1, 0.15) is 367 Å². The average Bonchev–Trinajstić information content (AvgIpc) is 3.39. The first-order chi connectivity index (χ1) is 36.0. The second kappa shape index (κ2) is 62.9. The number of hydrogen-bond acceptors (Lipinski definition) is 5. The molecular weight excluding hydrogens is 899 g/mol. The summed E-state index contributed by atoms with van der Waals surface area (Å²) in [6.45, 7) is 4.92. The topological polar surface area (TPSA) is 95.9 Å². The number of amides is 1. The van der Waals surface area contributed by atoms with Gasteiger partial charge in [-0.05, 0) is 57.8 Å². The molecular formula is C67H129NO5. The second-order valence-corrected chi connectivity index (χ2v) is 22.8. The number of allylic oxidation sites excluding steroid dienone is 3. The van der Waals surface area contributed by atoms with E-state index in [1.807, 2.05) is 6.08 Å². The normalized spacial score (nSPS) is 12.7. The van der Waals surface area contributed by atoms with Gasteiger partial charge in [0.2, 0.25) is 5.91 Å². The third kappa shape index (κ3) is 59.4. The van der Waals surface area contributed by atoms with Crippen LogP contribution in [0.25, 0.3) is 0 Å². The maximum atomic E-state index is 12.5. The summed E-state index contributed by atoms with van der Waals surface area (Å²) in [4.78, 5) is 24.6. The van der Waals surface area contributed by atoms with Crippen molar-refractivity contribution in [1.82, 2.24) is 5.32 Å². The summed E-state index contributed by atoms with van der Waals surface area (Å²) in [5.41, 5.74) is 0. The molecule has 1 amide bonds. The molecule has 0 aliphatic rings. The Balaban J connectivity index is 3.45. The van der Waals surface area contributed by atoms with Gasteiger partial charge in [-0.25, -0.2) is 0 Å². The summed E-state index contributed by atoms with van der Waals surface area (Å²) >= 11 is 0. The number of aliphatic hydroxyl groups excluding tert-OH is 2. The van der Waals surface area contributed by atoms with Crippen LogP contribution in [0.2, 0.25) is 0 Å². The lowest BCUT2D eigenvalue weighted by atomic mass is 10.0. The fourth-order valence-electron chi connectivity index (χ4n) is 10.4. The Morgan fingerprint density at radius 3 is 0.973 bits per heavy atom. The largest absolute Gasteiger partial charge is 0.466 e. The SMILES string of the molecule is CCCCCCCCC/C=C\CCCCCCCC(=O)OCCCCCCCCCCCCCCCCCCC(=O)NC(CO)C(O)/C=C/CCCCCCCCCCCCCCCCCCCCCCCC. The van der Waals surface area contributed by atoms with Gasteiger partial charge in [-0.15, -0.1) is 0 Å². The Labute approximate surface area is 456 Å². The minimum atomic E-state index is -0.851. The van der Waals surface area contributed by atoms with Crippen LogP contribution < -0.4 is 5.32 Å². The van der Waals surface area contributed by atoms with Crippen LogP contribution in [0.5, 0.6) is 0 Å². The van der Waals surface area contributed by atoms with E-state index in [9.17, 15) is 19.8 Å². The standard InChI is InChI=1S/C67H129NO5/c1-3-5-7-9-11-13-15-17-19-21-22-23-24-25-26-27-28-31-35-39-43-47-51-55-59-65(70)64(63-69)68-66(71)60-56-52-48-44-40-36-32-29-30-34-38-42-46-50-54-58-62-73-67(72)61-57-53-49-45-41-37-33-20-18-16-14-12-10-8-6-4-2/h20,33,55,59,64-65,69-70H,3-19,21-32,34-54,56-58,60-63H2,1-2H3,(H,68,71)/b33-20-,59-55+. The molecule has 432 valence electrons. The fraction of sp³-hybridized carbons (Fsp3) is 0.910. The zero-order valence-electron chi connectivity index (χ0n) is 49.4. The van der Waals surface area contributed by atoms with Crippen molar-refractivity contribution in [1.29, 1.82) is 0 Å². The Morgan fingerprint density at radius 2 is 0.644 bits per heavy atom. The number of hydrogen-bond donors (Lipinski definition) is 3. The summed E-state index contributed by atoms with van der Waals surface area (Å²) in [6, 6.07) is -0.635. The quantitative estimate of drug-likeness (QED) is 0.0320. The monoisotopic (exact) mass is 1030 g/mol. The second-order valence-electron chi connectivity index (χ2n) is 22.8. The van der Waals surface area contributed by atoms with E-state index in [2.05, 4.69) is 31.3 Å². The van der Waals surface area contributed by atoms with Crippen molar-refractivity contribution >= 4 is 11.9 Å². The molecule has 0 fully saturated rings. The number of carbonyl (C=O) groups excluding carboxylic acids is 2. The Hall–Kier alpha value is -1.66. The van der Waals surface area contributed by atoms with E-state index in [1.54, 1.807) is 6.08 Å². The van der Waals surface area contributed by atoms with Gasteiger partial charge < -0.3 is 20.3 Å². The highest BCUT2D eigenvalue weighted by Gasteiger charge is 2.18. The molecule has 0 heterocycles. The molecule has 0 bridgehead atoms. The fourth-order valence-corrected chi connectivity index (χ4v) is 10.4. The highest BCUT2D eigenvalue weighted by Crippen LogP contribution is 2.18. The lowest BCUT2D eigenvalue weighted by molar-refractivity contribution is -0.143. The maximum absolute atomic E-state index is 12.5. The number of rotatable bonds is 62. The molecule has 0 aliphatic heterocycles. The summed E-state index contributed by atoms with van der Waals surface area (Å²) < 4.78 is 5.48. The first-order valence-electron chi connectivity index (χ1n) is 33.1. The van der Waals surface area contributed by atoms with Gasteiger partial charge in [0.05, 0.1) is 25.4 Å². The van der Waals surface area contributed by atoms with Crippen LogP contribution in [-0.2, 0) is 14.3 Å². The first-order valence-corrected chi connectivity index (χ1v) is 33.1. The number of aliphatic hydroxyl groups is 2. The molecule has 6 nitrogen and oxygen atoms in total. The van der Waals surface area contributed by atoms with Crippen LogP contribution in [0.4, 0.5) is 0 Å². The lowest BCUT2D eigenvalue weighted by Gasteiger charge is -2.20. The molecule has 0 spiro atoms. The zero-order valence-corrected chi connectivity index (χ0v) is 49.4. The van der Waals surface area contributed by atoms with Crippen LogP contribution in [0.3, 0.4) is 0 Å². The highest BCUT2D eigenvalue weighted by molar-refractivity contribution is 5.76. The molecule has 0 aliphatic carbocycles. The highest BCUT2D eigenvalue weighted by atomic mass is 16.5. The van der Waals surface area contributed by atoms with E-state index in [4.69, 9.17) is 4.74 Å². The summed E-state index contributed by atoms with van der Waals surface area (Å²) in [5.74, 6) is -0.0753. The lowest BCUT2D eigenvalue weighted by Crippen LogP contribution is -2.45. The average molecular weight is 1030 g/mol. The molecule has 0 radical (unpaired) electrons. The van der Waals surface area contributed by atoms with Crippen molar-refractivity contribution in [2.75, 3.05) is 13.2 Å². The van der Waals surface area contributed by atoms with Crippen LogP contribution in [-0.4, -0.2) is 47.4 Å². The van der Waals surface area contributed by atoms with Crippen molar-refractivity contribution in [2.45, 2.75) is 379 Å². The van der Waals surface area contributed by atoms with Gasteiger partial charge >= 0.3 is 5.97 Å². The minimum Gasteiger partial charge on any atom is -0.466 e. The molecule has 0 rings (SSSR count). The van der Waals surface area contributed by atoms with Crippen LogP contribution in [0.15, 0.2) is 24.3 Å². The van der Waals surface area contributed by atoms with Crippen molar-refractivity contribution in [3.05, 3.63) is 24.3 Å². The number of carbonyl (C=O) groups is 2. The molecule has 3 N–H and O–H groups in total. The number of nitrogens with one attached hydrogen (secondary N) is 1. The Morgan fingerprint density at radius 1 is 0.370 bits per heavy atom. The molecule has 6 heteroatoms. The predicted molar refractivity (Wildman–Crippen MR) is 320 cm³/mol. The maximum Gasteiger partial charge on any atom is 0.305 e. The first kappa shape index (κ1) is 71.3. The van der Waals surface area contributed by atoms with Gasteiger partial charge in [0.1, 0.15) is 0 Å². The van der Waals surface area contributed by atoms with E-state index in [1.165, 1.54) is 295 Å². The third-order valence-corrected chi connectivity index (χ3v) is 15.5. The van der Waals surface area contributed by atoms with Gasteiger partial charge in [-0.3, -0.25) is 9.59 Å². The number of esters is 1. The zero-order chi connectivity index (χ0) is 52.9. The molecule has 0 aromatic heterocycles. The summed E-state index contributed by atoms with van der Waals surface area (Å²) in [6.07, 6.45) is 78.0. The van der Waals surface area contributed by atoms with Crippen LogP contribution in [0, 0.1) is 0 Å². The molecule has 0 aromatic rings. The van der Waals surface area contributed by atoms with Crippen molar-refractivity contribution in [3.63, 3.8) is 0 Å². The molecule has 73 heavy (non-hydrogen) atoms. The molecule has 0 saturated heterocycles. The number of unbranched alkanes of at least 4 members (excludes halogenated alkanes) is 49. The van der Waals surface area contributed by atoms with Crippen LogP contribution >= 0.6 is 0 Å². The Kier molecular flexibility index (Phi) is 61.4. The van der Waals surface area contributed by atoms with E-state index in [0.717, 1.165) is 44.9 Å². The van der Waals surface area contributed by atoms with Gasteiger partial charge in [-0.1, -0.05) is 321 Å². The molecule has 0 saturated carbocycles. The van der Waals surface area contributed by atoms with Gasteiger partial charge in [-0.2, -0.15) is 0 Å².